The quantitative estimate of drug-likeness (QED) is 0.263. The highest BCUT2D eigenvalue weighted by molar-refractivity contribution is 7.10. The maximum absolute atomic E-state index is 15.4. The first-order valence-corrected chi connectivity index (χ1v) is 12.2. The van der Waals surface area contributed by atoms with Gasteiger partial charge in [-0.15, -0.1) is 11.3 Å². The van der Waals surface area contributed by atoms with Gasteiger partial charge < -0.3 is 0 Å². The molecule has 2 heterocycles. The minimum atomic E-state index is -1.64. The molecule has 1 aliphatic heterocycles. The third-order valence-electron chi connectivity index (χ3n) is 6.23. The van der Waals surface area contributed by atoms with Crippen molar-refractivity contribution in [3.63, 3.8) is 0 Å². The van der Waals surface area contributed by atoms with E-state index in [1.165, 1.54) is 31.3 Å². The van der Waals surface area contributed by atoms with E-state index >= 15 is 4.39 Å². The molecule has 182 valence electrons. The molecule has 0 radical (unpaired) electrons. The lowest BCUT2D eigenvalue weighted by Crippen LogP contribution is -2.53. The second-order valence-electron chi connectivity index (χ2n) is 9.14. The third-order valence-corrected chi connectivity index (χ3v) is 7.38. The smallest absolute Gasteiger partial charge is 0.284 e. The summed E-state index contributed by atoms with van der Waals surface area (Å²) in [6.45, 7) is 3.99. The highest BCUT2D eigenvalue weighted by Gasteiger charge is 2.45. The van der Waals surface area contributed by atoms with Crippen molar-refractivity contribution in [2.75, 3.05) is 13.1 Å². The van der Waals surface area contributed by atoms with Gasteiger partial charge >= 0.3 is 0 Å². The fourth-order valence-electron chi connectivity index (χ4n) is 4.80. The van der Waals surface area contributed by atoms with Gasteiger partial charge in [0.1, 0.15) is 22.2 Å². The number of hydrogen-bond acceptors (Lipinski definition) is 6. The van der Waals surface area contributed by atoms with E-state index in [1.807, 2.05) is 18.2 Å². The molecule has 0 bridgehead atoms. The van der Waals surface area contributed by atoms with Crippen LogP contribution in [0.4, 0.5) is 8.78 Å². The largest absolute Gasteiger partial charge is 0.290 e. The molecule has 0 aliphatic carbocycles. The van der Waals surface area contributed by atoms with E-state index in [4.69, 9.17) is 17.4 Å². The molecule has 35 heavy (non-hydrogen) atoms. The lowest BCUT2D eigenvalue weighted by atomic mass is 9.72. The Morgan fingerprint density at radius 1 is 1.29 bits per heavy atom. The van der Waals surface area contributed by atoms with Gasteiger partial charge in [0.2, 0.25) is 0 Å². The predicted molar refractivity (Wildman–Crippen MR) is 131 cm³/mol. The van der Waals surface area contributed by atoms with Crippen molar-refractivity contribution in [3.05, 3.63) is 86.1 Å². The highest BCUT2D eigenvalue weighted by Crippen LogP contribution is 2.46. The van der Waals surface area contributed by atoms with Crippen molar-refractivity contribution in [2.45, 2.75) is 31.5 Å². The molecular formula is C25H24ClF2N5OS. The minimum absolute atomic E-state index is 0.120. The number of hydrazine groups is 1. The fraction of sp³-hybridized carbons (Fsp3) is 0.320. The Balaban J connectivity index is 1.65. The van der Waals surface area contributed by atoms with Crippen LogP contribution in [0, 0.1) is 23.1 Å². The lowest BCUT2D eigenvalue weighted by molar-refractivity contribution is 0.00805. The number of carbonyl (C=O) groups excluding carboxylic acids is 1. The number of nitriles is 1. The number of halogens is 3. The average molecular weight is 516 g/mol. The lowest BCUT2D eigenvalue weighted by Gasteiger charge is -2.49. The second kappa shape index (κ2) is 9.99. The van der Waals surface area contributed by atoms with Crippen LogP contribution < -0.4 is 11.3 Å². The number of benzene rings is 2. The van der Waals surface area contributed by atoms with Crippen molar-refractivity contribution in [1.29, 1.82) is 5.26 Å². The fourth-order valence-corrected chi connectivity index (χ4v) is 5.89. The van der Waals surface area contributed by atoms with Gasteiger partial charge in [-0.05, 0) is 61.2 Å². The molecular weight excluding hydrogens is 492 g/mol. The second-order valence-corrected chi connectivity index (χ2v) is 10.5. The molecule has 1 saturated heterocycles. The van der Waals surface area contributed by atoms with Gasteiger partial charge in [-0.1, -0.05) is 23.7 Å². The molecule has 2 aromatic carbocycles. The predicted octanol–water partition coefficient (Wildman–Crippen LogP) is 4.96. The molecule has 0 unspecified atom stereocenters. The third kappa shape index (κ3) is 5.36. The number of aromatic nitrogens is 1. The zero-order valence-corrected chi connectivity index (χ0v) is 20.7. The monoisotopic (exact) mass is 515 g/mol. The van der Waals surface area contributed by atoms with E-state index in [-0.39, 0.29) is 23.2 Å². The Bertz CT molecular complexity index is 1260. The highest BCUT2D eigenvalue weighted by atomic mass is 35.5. The Kier molecular flexibility index (Phi) is 7.20. The Labute approximate surface area is 211 Å². The first kappa shape index (κ1) is 25.2. The van der Waals surface area contributed by atoms with E-state index in [9.17, 15) is 14.4 Å². The van der Waals surface area contributed by atoms with Gasteiger partial charge in [0.05, 0.1) is 17.7 Å². The van der Waals surface area contributed by atoms with Crippen LogP contribution in [0.15, 0.2) is 47.8 Å². The SMILES string of the molecule is CC(C)(F)[C@H](c1cc(F)cc(C#N)c1)C1CN([C@H](c2ccc(Cl)cc2)c2nc(C(=O)NN)cs2)C1. The number of rotatable bonds is 7. The molecule has 2 atom stereocenters. The maximum atomic E-state index is 15.4. The summed E-state index contributed by atoms with van der Waals surface area (Å²) in [6, 6.07) is 13.0. The summed E-state index contributed by atoms with van der Waals surface area (Å²) in [4.78, 5) is 18.6. The van der Waals surface area contributed by atoms with Gasteiger partial charge in [-0.2, -0.15) is 5.26 Å². The maximum Gasteiger partial charge on any atom is 0.284 e. The Morgan fingerprint density at radius 2 is 1.97 bits per heavy atom. The molecule has 1 aromatic heterocycles. The van der Waals surface area contributed by atoms with Crippen LogP contribution in [-0.4, -0.2) is 34.5 Å². The number of likely N-dealkylation sites (tertiary alicyclic amines) is 1. The van der Waals surface area contributed by atoms with Gasteiger partial charge in [-0.25, -0.2) is 19.6 Å². The van der Waals surface area contributed by atoms with Crippen molar-refractivity contribution in [1.82, 2.24) is 15.3 Å². The number of alkyl halides is 1. The topological polar surface area (TPSA) is 95.0 Å². The minimum Gasteiger partial charge on any atom is -0.290 e. The van der Waals surface area contributed by atoms with Gasteiger partial charge in [0, 0.05) is 29.4 Å². The van der Waals surface area contributed by atoms with Crippen LogP contribution in [0.3, 0.4) is 0 Å². The van der Waals surface area contributed by atoms with Crippen LogP contribution >= 0.6 is 22.9 Å². The van der Waals surface area contributed by atoms with Gasteiger partial charge in [-0.3, -0.25) is 15.1 Å². The molecule has 0 spiro atoms. The van der Waals surface area contributed by atoms with Crippen LogP contribution in [0.25, 0.3) is 0 Å². The van der Waals surface area contributed by atoms with Crippen molar-refractivity contribution < 1.29 is 13.6 Å². The average Bonchev–Trinajstić information content (AvgIpc) is 3.26. The molecule has 1 amide bonds. The van der Waals surface area contributed by atoms with Crippen LogP contribution in [-0.2, 0) is 0 Å². The number of amides is 1. The molecule has 4 rings (SSSR count). The zero-order chi connectivity index (χ0) is 25.3. The number of thiazole rings is 1. The molecule has 10 heteroatoms. The molecule has 3 N–H and O–H groups in total. The summed E-state index contributed by atoms with van der Waals surface area (Å²) in [7, 11) is 0. The summed E-state index contributed by atoms with van der Waals surface area (Å²) in [5, 5.41) is 12.2. The van der Waals surface area contributed by atoms with E-state index in [0.29, 0.717) is 28.7 Å². The number of carbonyl (C=O) groups is 1. The summed E-state index contributed by atoms with van der Waals surface area (Å²) < 4.78 is 29.6. The number of nitrogens with one attached hydrogen (secondary N) is 1. The van der Waals surface area contributed by atoms with Gasteiger partial charge in [0.15, 0.2) is 0 Å². The Morgan fingerprint density at radius 3 is 2.57 bits per heavy atom. The van der Waals surface area contributed by atoms with E-state index in [1.54, 1.807) is 23.6 Å². The molecule has 1 aliphatic rings. The molecule has 0 saturated carbocycles. The number of nitrogen functional groups attached to an aromatic ring is 1. The van der Waals surface area contributed by atoms with Crippen molar-refractivity contribution in [2.24, 2.45) is 11.8 Å². The molecule has 3 aromatic rings. The standard InChI is InChI=1S/C25H24ClF2N5OS/c1-25(2,28)21(16-7-14(10-29)8-19(27)9-16)17-11-33(12-17)22(15-3-5-18(26)6-4-15)24-31-20(13-35-24)23(34)32-30/h3-9,13,17,21-22H,11-12,30H2,1-2H3,(H,32,34)/t21-,22-/m1/s1. The summed E-state index contributed by atoms with van der Waals surface area (Å²) in [5.74, 6) is 3.48. The summed E-state index contributed by atoms with van der Waals surface area (Å²) >= 11 is 7.42. The molecule has 1 fully saturated rings. The number of hydrogen-bond donors (Lipinski definition) is 2. The molecule has 6 nitrogen and oxygen atoms in total. The van der Waals surface area contributed by atoms with Crippen LogP contribution in [0.5, 0.6) is 0 Å². The number of nitrogens with two attached hydrogens (primary N) is 1. The summed E-state index contributed by atoms with van der Waals surface area (Å²) in [5.41, 5.74) is 2.23. The van der Waals surface area contributed by atoms with Gasteiger partial charge in [0.25, 0.3) is 5.91 Å². The van der Waals surface area contributed by atoms with Crippen LogP contribution in [0.2, 0.25) is 5.02 Å². The Hall–Kier alpha value is -2.90. The van der Waals surface area contributed by atoms with E-state index in [0.717, 1.165) is 11.6 Å². The van der Waals surface area contributed by atoms with E-state index in [2.05, 4.69) is 15.3 Å². The number of nitrogens with zero attached hydrogens (tertiary/aromatic N) is 3. The van der Waals surface area contributed by atoms with Crippen molar-refractivity contribution in [3.8, 4) is 6.07 Å². The van der Waals surface area contributed by atoms with Crippen LogP contribution in [0.1, 0.15) is 58.0 Å². The van der Waals surface area contributed by atoms with Crippen molar-refractivity contribution >= 4 is 28.8 Å². The zero-order valence-electron chi connectivity index (χ0n) is 19.1. The normalized spacial score (nSPS) is 16.3. The summed E-state index contributed by atoms with van der Waals surface area (Å²) in [6.07, 6.45) is 0. The van der Waals surface area contributed by atoms with E-state index < -0.39 is 23.3 Å². The first-order valence-electron chi connectivity index (χ1n) is 11.0. The first-order chi connectivity index (χ1) is 16.6.